The quantitative estimate of drug-likeness (QED) is 0.592. The molecule has 0 spiro atoms. The Labute approximate surface area is 141 Å². The van der Waals surface area contributed by atoms with Crippen LogP contribution >= 0.6 is 0 Å². The standard InChI is InChI=1S/C16H23FN6O/c1-4-18-16(20-10-15-21-11-22-23(15)3)19-9-12(2)24-14-7-5-6-13(17)8-14/h5-8,11-12H,4,9-10H2,1-3H3,(H2,18,19,20). The number of ether oxygens (including phenoxy) is 1. The molecule has 0 saturated carbocycles. The molecule has 1 unspecified atom stereocenters. The second-order valence-electron chi connectivity index (χ2n) is 5.26. The van der Waals surface area contributed by atoms with Crippen LogP contribution in [0.3, 0.4) is 0 Å². The Bertz CT molecular complexity index is 672. The van der Waals surface area contributed by atoms with Crippen molar-refractivity contribution in [1.29, 1.82) is 0 Å². The molecule has 0 fully saturated rings. The zero-order valence-electron chi connectivity index (χ0n) is 14.2. The molecule has 2 aromatic rings. The summed E-state index contributed by atoms with van der Waals surface area (Å²) < 4.78 is 20.5. The highest BCUT2D eigenvalue weighted by molar-refractivity contribution is 5.79. The first-order chi connectivity index (χ1) is 11.6. The summed E-state index contributed by atoms with van der Waals surface area (Å²) in [5.74, 6) is 1.63. The number of aliphatic imine (C=N–C) groups is 1. The first kappa shape index (κ1) is 17.7. The maximum atomic E-state index is 13.2. The van der Waals surface area contributed by atoms with Gasteiger partial charge in [-0.25, -0.2) is 14.4 Å². The molecular formula is C16H23FN6O. The van der Waals surface area contributed by atoms with Crippen LogP contribution < -0.4 is 15.4 Å². The average Bonchev–Trinajstić information content (AvgIpc) is 2.95. The molecular weight excluding hydrogens is 311 g/mol. The molecule has 0 bridgehead atoms. The van der Waals surface area contributed by atoms with Crippen molar-refractivity contribution >= 4 is 5.96 Å². The smallest absolute Gasteiger partial charge is 0.191 e. The Balaban J connectivity index is 1.87. The minimum absolute atomic E-state index is 0.148. The first-order valence-electron chi connectivity index (χ1n) is 7.85. The number of halogens is 1. The maximum Gasteiger partial charge on any atom is 0.191 e. The molecule has 0 amide bonds. The van der Waals surface area contributed by atoms with E-state index in [0.717, 1.165) is 12.4 Å². The van der Waals surface area contributed by atoms with Gasteiger partial charge in [0.15, 0.2) is 5.96 Å². The Morgan fingerprint density at radius 2 is 2.25 bits per heavy atom. The summed E-state index contributed by atoms with van der Waals surface area (Å²) in [6.07, 6.45) is 1.35. The van der Waals surface area contributed by atoms with E-state index in [9.17, 15) is 4.39 Å². The van der Waals surface area contributed by atoms with Gasteiger partial charge in [0, 0.05) is 19.7 Å². The van der Waals surface area contributed by atoms with Gasteiger partial charge >= 0.3 is 0 Å². The number of guanidine groups is 1. The summed E-state index contributed by atoms with van der Waals surface area (Å²) >= 11 is 0. The van der Waals surface area contributed by atoms with Crippen molar-refractivity contribution in [3.8, 4) is 5.75 Å². The number of rotatable bonds is 7. The molecule has 0 saturated heterocycles. The number of hydrogen-bond donors (Lipinski definition) is 2. The lowest BCUT2D eigenvalue weighted by Gasteiger charge is -2.17. The maximum absolute atomic E-state index is 13.2. The van der Waals surface area contributed by atoms with Crippen molar-refractivity contribution in [2.45, 2.75) is 26.5 Å². The molecule has 1 atom stereocenters. The predicted octanol–water partition coefficient (Wildman–Crippen LogP) is 1.48. The molecule has 130 valence electrons. The fourth-order valence-electron chi connectivity index (χ4n) is 2.01. The van der Waals surface area contributed by atoms with Crippen LogP contribution in [-0.4, -0.2) is 39.9 Å². The van der Waals surface area contributed by atoms with Gasteiger partial charge in [-0.1, -0.05) is 6.07 Å². The highest BCUT2D eigenvalue weighted by atomic mass is 19.1. The van der Waals surface area contributed by atoms with Gasteiger partial charge in [0.25, 0.3) is 0 Å². The van der Waals surface area contributed by atoms with Crippen molar-refractivity contribution in [2.75, 3.05) is 13.1 Å². The van der Waals surface area contributed by atoms with Crippen molar-refractivity contribution in [3.63, 3.8) is 0 Å². The van der Waals surface area contributed by atoms with E-state index < -0.39 is 0 Å². The van der Waals surface area contributed by atoms with Crippen LogP contribution in [0.1, 0.15) is 19.7 Å². The lowest BCUT2D eigenvalue weighted by molar-refractivity contribution is 0.223. The van der Waals surface area contributed by atoms with E-state index in [1.807, 2.05) is 20.9 Å². The van der Waals surface area contributed by atoms with Gasteiger partial charge in [-0.3, -0.25) is 4.68 Å². The minimum Gasteiger partial charge on any atom is -0.489 e. The Morgan fingerprint density at radius 3 is 2.92 bits per heavy atom. The third-order valence-electron chi connectivity index (χ3n) is 3.22. The van der Waals surface area contributed by atoms with Crippen molar-refractivity contribution in [1.82, 2.24) is 25.4 Å². The molecule has 1 heterocycles. The number of benzene rings is 1. The van der Waals surface area contributed by atoms with E-state index in [4.69, 9.17) is 4.74 Å². The van der Waals surface area contributed by atoms with E-state index in [-0.39, 0.29) is 11.9 Å². The number of nitrogens with one attached hydrogen (secondary N) is 2. The first-order valence-corrected chi connectivity index (χ1v) is 7.85. The van der Waals surface area contributed by atoms with E-state index >= 15 is 0 Å². The minimum atomic E-state index is -0.314. The molecule has 2 rings (SSSR count). The van der Waals surface area contributed by atoms with Gasteiger partial charge in [-0.05, 0) is 26.0 Å². The SMILES string of the molecule is CCNC(=NCc1ncnn1C)NCC(C)Oc1cccc(F)c1. The lowest BCUT2D eigenvalue weighted by Crippen LogP contribution is -2.41. The van der Waals surface area contributed by atoms with Crippen LogP contribution in [0, 0.1) is 5.82 Å². The van der Waals surface area contributed by atoms with Crippen LogP contribution in [0.2, 0.25) is 0 Å². The van der Waals surface area contributed by atoms with Gasteiger partial charge in [-0.15, -0.1) is 0 Å². The van der Waals surface area contributed by atoms with E-state index in [0.29, 0.717) is 24.8 Å². The summed E-state index contributed by atoms with van der Waals surface area (Å²) in [6, 6.07) is 6.10. The van der Waals surface area contributed by atoms with Gasteiger partial charge < -0.3 is 15.4 Å². The third kappa shape index (κ3) is 5.53. The Morgan fingerprint density at radius 1 is 1.42 bits per heavy atom. The van der Waals surface area contributed by atoms with Gasteiger partial charge in [0.1, 0.15) is 36.4 Å². The lowest BCUT2D eigenvalue weighted by atomic mass is 10.3. The topological polar surface area (TPSA) is 76.4 Å². The summed E-state index contributed by atoms with van der Waals surface area (Å²) in [4.78, 5) is 8.60. The fraction of sp³-hybridized carbons (Fsp3) is 0.438. The fourth-order valence-corrected chi connectivity index (χ4v) is 2.01. The van der Waals surface area contributed by atoms with Crippen molar-refractivity contribution in [3.05, 3.63) is 42.2 Å². The molecule has 1 aromatic carbocycles. The zero-order valence-corrected chi connectivity index (χ0v) is 14.2. The van der Waals surface area contributed by atoms with E-state index in [1.54, 1.807) is 16.8 Å². The summed E-state index contributed by atoms with van der Waals surface area (Å²) in [5.41, 5.74) is 0. The zero-order chi connectivity index (χ0) is 17.4. The van der Waals surface area contributed by atoms with Gasteiger partial charge in [0.05, 0.1) is 6.54 Å². The highest BCUT2D eigenvalue weighted by Crippen LogP contribution is 2.13. The molecule has 0 aliphatic carbocycles. The number of aryl methyl sites for hydroxylation is 1. The van der Waals surface area contributed by atoms with Crippen molar-refractivity contribution in [2.24, 2.45) is 12.0 Å². The number of nitrogens with zero attached hydrogens (tertiary/aromatic N) is 4. The van der Waals surface area contributed by atoms with Crippen molar-refractivity contribution < 1.29 is 9.13 Å². The van der Waals surface area contributed by atoms with Crippen LogP contribution in [0.15, 0.2) is 35.6 Å². The van der Waals surface area contributed by atoms with Gasteiger partial charge in [-0.2, -0.15) is 5.10 Å². The number of aromatic nitrogens is 3. The third-order valence-corrected chi connectivity index (χ3v) is 3.22. The molecule has 0 aliphatic heterocycles. The summed E-state index contributed by atoms with van der Waals surface area (Å²) in [7, 11) is 1.83. The Hall–Kier alpha value is -2.64. The summed E-state index contributed by atoms with van der Waals surface area (Å²) in [6.45, 7) is 5.59. The molecule has 8 heteroatoms. The largest absolute Gasteiger partial charge is 0.489 e. The normalized spacial score (nSPS) is 12.8. The molecule has 7 nitrogen and oxygen atoms in total. The van der Waals surface area contributed by atoms with E-state index in [2.05, 4.69) is 25.7 Å². The predicted molar refractivity (Wildman–Crippen MR) is 90.3 cm³/mol. The van der Waals surface area contributed by atoms with Crippen LogP contribution in [0.5, 0.6) is 5.75 Å². The van der Waals surface area contributed by atoms with Crippen LogP contribution in [0.25, 0.3) is 0 Å². The molecule has 24 heavy (non-hydrogen) atoms. The van der Waals surface area contributed by atoms with Crippen LogP contribution in [-0.2, 0) is 13.6 Å². The number of hydrogen-bond acceptors (Lipinski definition) is 4. The van der Waals surface area contributed by atoms with Gasteiger partial charge in [0.2, 0.25) is 0 Å². The monoisotopic (exact) mass is 334 g/mol. The molecule has 0 aliphatic rings. The summed E-state index contributed by atoms with van der Waals surface area (Å²) in [5, 5.41) is 10.4. The Kier molecular flexibility index (Phi) is 6.53. The second-order valence-corrected chi connectivity index (χ2v) is 5.26. The second kappa shape index (κ2) is 8.85. The van der Waals surface area contributed by atoms with E-state index in [1.165, 1.54) is 18.5 Å². The molecule has 1 aromatic heterocycles. The average molecular weight is 334 g/mol. The highest BCUT2D eigenvalue weighted by Gasteiger charge is 2.07. The molecule has 2 N–H and O–H groups in total. The molecule has 0 radical (unpaired) electrons. The van der Waals surface area contributed by atoms with Crippen LogP contribution in [0.4, 0.5) is 4.39 Å².